The van der Waals surface area contributed by atoms with Crippen LogP contribution in [0.15, 0.2) is 58.2 Å². The lowest BCUT2D eigenvalue weighted by Gasteiger charge is -2.18. The molecule has 7 heteroatoms. The first kappa shape index (κ1) is 18.4. The number of nitrogens with zero attached hydrogens (tertiary/aromatic N) is 1. The van der Waals surface area contributed by atoms with Crippen molar-refractivity contribution in [2.24, 2.45) is 0 Å². The van der Waals surface area contributed by atoms with Gasteiger partial charge in [-0.3, -0.25) is 4.79 Å². The zero-order valence-electron chi connectivity index (χ0n) is 14.9. The number of aromatic nitrogens is 1. The van der Waals surface area contributed by atoms with Crippen LogP contribution in [0.1, 0.15) is 26.2 Å². The van der Waals surface area contributed by atoms with Crippen molar-refractivity contribution < 1.29 is 13.9 Å². The van der Waals surface area contributed by atoms with Gasteiger partial charge in [-0.1, -0.05) is 31.5 Å². The van der Waals surface area contributed by atoms with Crippen molar-refractivity contribution >= 4 is 41.4 Å². The minimum absolute atomic E-state index is 0.157. The summed E-state index contributed by atoms with van der Waals surface area (Å²) >= 11 is 1.44. The van der Waals surface area contributed by atoms with E-state index in [1.165, 1.54) is 11.6 Å². The van der Waals surface area contributed by atoms with Gasteiger partial charge in [0, 0.05) is 5.69 Å². The number of hydrogen-bond acceptors (Lipinski definition) is 5. The van der Waals surface area contributed by atoms with Gasteiger partial charge >= 0.3 is 0 Å². The molecule has 0 fully saturated rings. The number of oxazole rings is 1. The van der Waals surface area contributed by atoms with Gasteiger partial charge in [0.1, 0.15) is 11.3 Å². The van der Waals surface area contributed by atoms with E-state index in [0.717, 1.165) is 18.4 Å². The van der Waals surface area contributed by atoms with Gasteiger partial charge < -0.3 is 14.5 Å². The van der Waals surface area contributed by atoms with E-state index in [1.807, 2.05) is 55.7 Å². The molecule has 5 nitrogen and oxygen atoms in total. The van der Waals surface area contributed by atoms with Crippen molar-refractivity contribution in [3.05, 3.63) is 48.5 Å². The fourth-order valence-electron chi connectivity index (χ4n) is 2.59. The second-order valence-corrected chi connectivity index (χ2v) is 6.67. The Morgan fingerprint density at radius 1 is 1.31 bits per heavy atom. The molecule has 1 atom stereocenters. The first-order valence-corrected chi connectivity index (χ1v) is 9.89. The molecule has 134 valence electrons. The number of nitrogens with one attached hydrogen (secondary N) is 1. The Balaban J connectivity index is 1.73. The number of benzene rings is 2. The highest BCUT2D eigenvalue weighted by Gasteiger charge is 2.20. The monoisotopic (exact) mass is 368 g/mol. The van der Waals surface area contributed by atoms with E-state index in [-0.39, 0.29) is 5.91 Å². The molecular weight excluding hydrogens is 347 g/mol. The molecule has 0 radical (unpaired) electrons. The number of rotatable bonds is 8. The Bertz CT molecular complexity index is 870. The van der Waals surface area contributed by atoms with E-state index in [2.05, 4.69) is 17.2 Å². The number of fused-ring (bicyclic) bond motifs is 1. The summed E-state index contributed by atoms with van der Waals surface area (Å²) in [5.74, 6) is 0.538. The van der Waals surface area contributed by atoms with E-state index in [4.69, 9.17) is 9.15 Å². The van der Waals surface area contributed by atoms with Crippen LogP contribution in [0.5, 0.6) is 5.75 Å². The average molecular weight is 368 g/mol. The SMILES string of the molecule is BSc1nc2cc(NC(=O)C(CCCC)Oc3ccccc3)ccc2o1. The topological polar surface area (TPSA) is 64.4 Å². The van der Waals surface area contributed by atoms with Gasteiger partial charge in [0.15, 0.2) is 18.8 Å². The van der Waals surface area contributed by atoms with E-state index in [1.54, 1.807) is 0 Å². The molecule has 1 heterocycles. The lowest BCUT2D eigenvalue weighted by atomic mass is 10.1. The Hall–Kier alpha value is -2.41. The largest absolute Gasteiger partial charge is 0.481 e. The highest BCUT2D eigenvalue weighted by Crippen LogP contribution is 2.24. The van der Waals surface area contributed by atoms with Gasteiger partial charge in [-0.05, 0) is 43.2 Å². The predicted molar refractivity (Wildman–Crippen MR) is 107 cm³/mol. The normalized spacial score (nSPS) is 12.0. The van der Waals surface area contributed by atoms with Crippen LogP contribution in [0.3, 0.4) is 0 Å². The highest BCUT2D eigenvalue weighted by molar-refractivity contribution is 8.19. The fraction of sp³-hybridized carbons (Fsp3) is 0.263. The van der Waals surface area contributed by atoms with Crippen molar-refractivity contribution in [3.8, 4) is 5.75 Å². The number of carbonyl (C=O) groups is 1. The Morgan fingerprint density at radius 3 is 2.85 bits per heavy atom. The number of para-hydroxylation sites is 1. The van der Waals surface area contributed by atoms with Crippen molar-refractivity contribution in [3.63, 3.8) is 0 Å². The smallest absolute Gasteiger partial charge is 0.265 e. The molecule has 0 saturated carbocycles. The minimum Gasteiger partial charge on any atom is -0.481 e. The molecule has 0 aliphatic carbocycles. The summed E-state index contributed by atoms with van der Waals surface area (Å²) in [6, 6.07) is 14.9. The molecule has 1 N–H and O–H groups in total. The highest BCUT2D eigenvalue weighted by atomic mass is 32.2. The number of hydrogen-bond donors (Lipinski definition) is 1. The average Bonchev–Trinajstić information content (AvgIpc) is 3.08. The number of ether oxygens (including phenoxy) is 1. The van der Waals surface area contributed by atoms with Crippen molar-refractivity contribution in [1.82, 2.24) is 4.98 Å². The fourth-order valence-corrected chi connectivity index (χ4v) is 2.95. The van der Waals surface area contributed by atoms with Gasteiger partial charge in [-0.25, -0.2) is 4.98 Å². The van der Waals surface area contributed by atoms with E-state index < -0.39 is 6.10 Å². The Morgan fingerprint density at radius 2 is 2.12 bits per heavy atom. The van der Waals surface area contributed by atoms with Gasteiger partial charge in [0.2, 0.25) is 5.22 Å². The summed E-state index contributed by atoms with van der Waals surface area (Å²) in [6.07, 6.45) is 2.06. The molecule has 0 spiro atoms. The number of anilines is 1. The van der Waals surface area contributed by atoms with Gasteiger partial charge in [-0.15, -0.1) is 11.6 Å². The lowest BCUT2D eigenvalue weighted by Crippen LogP contribution is -2.33. The van der Waals surface area contributed by atoms with Crippen molar-refractivity contribution in [1.29, 1.82) is 0 Å². The number of amides is 1. The lowest BCUT2D eigenvalue weighted by molar-refractivity contribution is -0.123. The van der Waals surface area contributed by atoms with Gasteiger partial charge in [-0.2, -0.15) is 0 Å². The van der Waals surface area contributed by atoms with Crippen LogP contribution < -0.4 is 10.1 Å². The number of unbranched alkanes of at least 4 members (excludes halogenated alkanes) is 1. The predicted octanol–water partition coefficient (Wildman–Crippen LogP) is 4.04. The second kappa shape index (κ2) is 8.80. The summed E-state index contributed by atoms with van der Waals surface area (Å²) in [5.41, 5.74) is 2.11. The molecule has 0 saturated heterocycles. The van der Waals surface area contributed by atoms with Crippen LogP contribution in [0, 0.1) is 0 Å². The Labute approximate surface area is 157 Å². The van der Waals surface area contributed by atoms with Crippen molar-refractivity contribution in [2.75, 3.05) is 5.32 Å². The molecule has 1 amide bonds. The zero-order valence-corrected chi connectivity index (χ0v) is 15.7. The van der Waals surface area contributed by atoms with Crippen LogP contribution in [-0.2, 0) is 4.79 Å². The maximum absolute atomic E-state index is 12.7. The third kappa shape index (κ3) is 4.61. The van der Waals surface area contributed by atoms with Crippen LogP contribution in [0.25, 0.3) is 11.1 Å². The molecule has 1 aromatic heterocycles. The minimum atomic E-state index is -0.535. The van der Waals surface area contributed by atoms with Crippen LogP contribution in [-0.4, -0.2) is 24.1 Å². The first-order chi connectivity index (χ1) is 12.7. The molecule has 1 unspecified atom stereocenters. The summed E-state index contributed by atoms with van der Waals surface area (Å²) < 4.78 is 11.5. The first-order valence-electron chi connectivity index (χ1n) is 8.66. The molecule has 3 rings (SSSR count). The van der Waals surface area contributed by atoms with Crippen LogP contribution in [0.2, 0.25) is 0 Å². The third-order valence-electron chi connectivity index (χ3n) is 3.94. The van der Waals surface area contributed by atoms with E-state index in [0.29, 0.717) is 28.7 Å². The van der Waals surface area contributed by atoms with E-state index in [9.17, 15) is 4.79 Å². The van der Waals surface area contributed by atoms with Crippen LogP contribution in [0.4, 0.5) is 5.69 Å². The summed E-state index contributed by atoms with van der Waals surface area (Å²) in [4.78, 5) is 17.1. The molecule has 26 heavy (non-hydrogen) atoms. The maximum Gasteiger partial charge on any atom is 0.265 e. The summed E-state index contributed by atoms with van der Waals surface area (Å²) in [6.45, 7) is 2.10. The summed E-state index contributed by atoms with van der Waals surface area (Å²) in [5, 5.41) is 3.55. The van der Waals surface area contributed by atoms with Crippen LogP contribution >= 0.6 is 11.6 Å². The standard InChI is InChI=1S/C19H21BN2O3S/c1-2-3-9-17(24-14-7-5-4-6-8-14)18(23)21-13-10-11-16-15(12-13)22-19(25-16)26-20/h4-8,10-12,17H,2-3,9,20H2,1H3,(H,21,23). The molecule has 3 aromatic rings. The summed E-state index contributed by atoms with van der Waals surface area (Å²) in [7, 11) is 1.91. The second-order valence-electron chi connectivity index (χ2n) is 5.92. The molecule has 0 bridgehead atoms. The third-order valence-corrected chi connectivity index (χ3v) is 4.47. The van der Waals surface area contributed by atoms with Gasteiger partial charge in [0.05, 0.1) is 0 Å². The van der Waals surface area contributed by atoms with Gasteiger partial charge in [0.25, 0.3) is 5.91 Å². The molecule has 2 aromatic carbocycles. The molecule has 0 aliphatic rings. The van der Waals surface area contributed by atoms with E-state index >= 15 is 0 Å². The molecular formula is C19H21BN2O3S. The zero-order chi connectivity index (χ0) is 18.4. The molecule has 0 aliphatic heterocycles. The number of carbonyl (C=O) groups excluding carboxylic acids is 1. The van der Waals surface area contributed by atoms with Crippen molar-refractivity contribution in [2.45, 2.75) is 37.5 Å². The quantitative estimate of drug-likeness (QED) is 0.608. The maximum atomic E-state index is 12.7. The Kier molecular flexibility index (Phi) is 6.23.